The molecule has 6 heteroatoms. The zero-order valence-electron chi connectivity index (χ0n) is 16.0. The first-order chi connectivity index (χ1) is 14.1. The van der Waals surface area contributed by atoms with Crippen LogP contribution in [0.4, 0.5) is 5.69 Å². The van der Waals surface area contributed by atoms with E-state index in [2.05, 4.69) is 5.32 Å². The summed E-state index contributed by atoms with van der Waals surface area (Å²) in [5.74, 6) is 2.18. The molecule has 3 rings (SSSR count). The number of benzene rings is 3. The van der Waals surface area contributed by atoms with Gasteiger partial charge in [0.1, 0.15) is 11.5 Å². The summed E-state index contributed by atoms with van der Waals surface area (Å²) in [7, 11) is 3.08. The molecule has 0 saturated carbocycles. The Bertz CT molecular complexity index is 1020. The first kappa shape index (κ1) is 20.3. The zero-order valence-corrected chi connectivity index (χ0v) is 16.8. The lowest BCUT2D eigenvalue weighted by Gasteiger charge is -2.08. The molecule has 0 unspecified atom stereocenters. The molecule has 148 valence electrons. The Labute approximate surface area is 174 Å². The van der Waals surface area contributed by atoms with Crippen molar-refractivity contribution < 1.29 is 19.0 Å². The van der Waals surface area contributed by atoms with E-state index in [1.807, 2.05) is 36.4 Å². The number of halogens is 1. The van der Waals surface area contributed by atoms with Crippen LogP contribution in [0.5, 0.6) is 23.0 Å². The molecule has 0 amide bonds. The maximum atomic E-state index is 12.3. The van der Waals surface area contributed by atoms with Crippen molar-refractivity contribution in [3.05, 3.63) is 89.6 Å². The lowest BCUT2D eigenvalue weighted by Crippen LogP contribution is -1.98. The second kappa shape index (κ2) is 9.66. The summed E-state index contributed by atoms with van der Waals surface area (Å²) in [6, 6.07) is 19.6. The minimum atomic E-state index is -0.155. The van der Waals surface area contributed by atoms with E-state index < -0.39 is 0 Å². The van der Waals surface area contributed by atoms with Crippen LogP contribution in [0.3, 0.4) is 0 Å². The highest BCUT2D eigenvalue weighted by atomic mass is 35.5. The van der Waals surface area contributed by atoms with Gasteiger partial charge < -0.3 is 19.5 Å². The van der Waals surface area contributed by atoms with Gasteiger partial charge in [0.15, 0.2) is 17.3 Å². The van der Waals surface area contributed by atoms with Gasteiger partial charge >= 0.3 is 0 Å². The summed E-state index contributed by atoms with van der Waals surface area (Å²) >= 11 is 6.10. The van der Waals surface area contributed by atoms with Crippen molar-refractivity contribution in [1.29, 1.82) is 0 Å². The first-order valence-corrected chi connectivity index (χ1v) is 9.20. The summed E-state index contributed by atoms with van der Waals surface area (Å²) in [6.45, 7) is 0. The quantitative estimate of drug-likeness (QED) is 0.367. The number of methoxy groups -OCH3 is 2. The number of allylic oxidation sites excluding steroid dienone is 1. The minimum absolute atomic E-state index is 0.155. The fraction of sp³-hybridized carbons (Fsp3) is 0.0870. The van der Waals surface area contributed by atoms with Crippen LogP contribution in [0.2, 0.25) is 5.02 Å². The number of hydrogen-bond donors (Lipinski definition) is 1. The summed E-state index contributed by atoms with van der Waals surface area (Å²) in [5, 5.41) is 3.61. The molecule has 0 radical (unpaired) electrons. The Balaban J connectivity index is 1.60. The first-order valence-electron chi connectivity index (χ1n) is 8.82. The van der Waals surface area contributed by atoms with Gasteiger partial charge in [-0.1, -0.05) is 23.7 Å². The van der Waals surface area contributed by atoms with E-state index in [0.29, 0.717) is 33.6 Å². The van der Waals surface area contributed by atoms with Gasteiger partial charge in [0.25, 0.3) is 0 Å². The molecule has 3 aromatic rings. The molecule has 0 saturated heterocycles. The molecule has 0 bridgehead atoms. The molecule has 0 atom stereocenters. The van der Waals surface area contributed by atoms with Crippen LogP contribution in [0, 0.1) is 0 Å². The Morgan fingerprint density at radius 1 is 0.897 bits per heavy atom. The highest BCUT2D eigenvalue weighted by Crippen LogP contribution is 2.30. The normalized spacial score (nSPS) is 10.6. The van der Waals surface area contributed by atoms with Crippen molar-refractivity contribution in [2.24, 2.45) is 0 Å². The third-order valence-electron chi connectivity index (χ3n) is 4.07. The molecule has 29 heavy (non-hydrogen) atoms. The Kier molecular flexibility index (Phi) is 6.76. The van der Waals surface area contributed by atoms with Crippen molar-refractivity contribution in [3.8, 4) is 23.0 Å². The van der Waals surface area contributed by atoms with Crippen LogP contribution < -0.4 is 19.5 Å². The van der Waals surface area contributed by atoms with Crippen LogP contribution in [-0.4, -0.2) is 20.0 Å². The Morgan fingerprint density at radius 2 is 1.62 bits per heavy atom. The lowest BCUT2D eigenvalue weighted by molar-refractivity contribution is 0.104. The highest BCUT2D eigenvalue weighted by Gasteiger charge is 2.08. The molecule has 0 spiro atoms. The molecular formula is C23H20ClNO4. The minimum Gasteiger partial charge on any atom is -0.493 e. The van der Waals surface area contributed by atoms with Crippen LogP contribution in [0.1, 0.15) is 10.4 Å². The standard InChI is InChI=1S/C23H20ClNO4/c1-27-22-12-7-16(15-23(22)28-2)20(26)13-14-25-17-8-10-18(11-9-17)29-21-6-4-3-5-19(21)24/h3-15,25H,1-2H3. The van der Waals surface area contributed by atoms with Gasteiger partial charge in [-0.2, -0.15) is 0 Å². The van der Waals surface area contributed by atoms with Crippen LogP contribution in [0.25, 0.3) is 0 Å². The van der Waals surface area contributed by atoms with Gasteiger partial charge in [-0.05, 0) is 54.6 Å². The number of ketones is 1. The molecule has 3 aromatic carbocycles. The van der Waals surface area contributed by atoms with Crippen molar-refractivity contribution >= 4 is 23.1 Å². The maximum Gasteiger partial charge on any atom is 0.187 e. The average Bonchev–Trinajstić information content (AvgIpc) is 2.76. The van der Waals surface area contributed by atoms with E-state index >= 15 is 0 Å². The third kappa shape index (κ3) is 5.30. The second-order valence-corrected chi connectivity index (χ2v) is 6.38. The number of carbonyl (C=O) groups excluding carboxylic acids is 1. The number of ether oxygens (including phenoxy) is 3. The summed E-state index contributed by atoms with van der Waals surface area (Å²) in [4.78, 5) is 12.3. The molecule has 0 aromatic heterocycles. The summed E-state index contributed by atoms with van der Waals surface area (Å²) in [5.41, 5.74) is 1.32. The molecule has 0 aliphatic heterocycles. The number of carbonyl (C=O) groups is 1. The largest absolute Gasteiger partial charge is 0.493 e. The number of hydrogen-bond acceptors (Lipinski definition) is 5. The fourth-order valence-corrected chi connectivity index (χ4v) is 2.75. The molecule has 5 nitrogen and oxygen atoms in total. The second-order valence-electron chi connectivity index (χ2n) is 5.97. The molecule has 0 aliphatic rings. The maximum absolute atomic E-state index is 12.3. The van der Waals surface area contributed by atoms with Crippen LogP contribution in [-0.2, 0) is 0 Å². The van der Waals surface area contributed by atoms with E-state index in [1.54, 1.807) is 43.6 Å². The predicted molar refractivity (Wildman–Crippen MR) is 115 cm³/mol. The van der Waals surface area contributed by atoms with Gasteiger partial charge in [0.2, 0.25) is 0 Å². The van der Waals surface area contributed by atoms with E-state index in [0.717, 1.165) is 5.69 Å². The van der Waals surface area contributed by atoms with Gasteiger partial charge in [-0.25, -0.2) is 0 Å². The Hall–Kier alpha value is -3.44. The fourth-order valence-electron chi connectivity index (χ4n) is 2.57. The number of rotatable bonds is 8. The number of anilines is 1. The third-order valence-corrected chi connectivity index (χ3v) is 4.38. The monoisotopic (exact) mass is 409 g/mol. The molecular weight excluding hydrogens is 390 g/mol. The van der Waals surface area contributed by atoms with Crippen molar-refractivity contribution in [2.75, 3.05) is 19.5 Å². The Morgan fingerprint density at radius 3 is 2.31 bits per heavy atom. The molecule has 0 heterocycles. The van der Waals surface area contributed by atoms with Crippen LogP contribution >= 0.6 is 11.6 Å². The summed E-state index contributed by atoms with van der Waals surface area (Å²) in [6.07, 6.45) is 3.04. The number of nitrogens with one attached hydrogen (secondary N) is 1. The van der Waals surface area contributed by atoms with E-state index in [4.69, 9.17) is 25.8 Å². The van der Waals surface area contributed by atoms with Crippen molar-refractivity contribution in [1.82, 2.24) is 0 Å². The smallest absolute Gasteiger partial charge is 0.187 e. The lowest BCUT2D eigenvalue weighted by atomic mass is 10.1. The average molecular weight is 410 g/mol. The van der Waals surface area contributed by atoms with Gasteiger partial charge in [0.05, 0.1) is 19.2 Å². The van der Waals surface area contributed by atoms with E-state index in [9.17, 15) is 4.79 Å². The highest BCUT2D eigenvalue weighted by molar-refractivity contribution is 6.32. The van der Waals surface area contributed by atoms with Gasteiger partial charge in [-0.15, -0.1) is 0 Å². The molecule has 0 fully saturated rings. The molecule has 1 N–H and O–H groups in total. The summed E-state index contributed by atoms with van der Waals surface area (Å²) < 4.78 is 16.2. The predicted octanol–water partition coefficient (Wildman–Crippen LogP) is 5.96. The van der Waals surface area contributed by atoms with Crippen molar-refractivity contribution in [3.63, 3.8) is 0 Å². The van der Waals surface area contributed by atoms with E-state index in [-0.39, 0.29) is 5.78 Å². The zero-order chi connectivity index (χ0) is 20.6. The number of para-hydroxylation sites is 1. The van der Waals surface area contributed by atoms with Crippen LogP contribution in [0.15, 0.2) is 79.0 Å². The topological polar surface area (TPSA) is 56.8 Å². The van der Waals surface area contributed by atoms with Gasteiger partial charge in [-0.3, -0.25) is 4.79 Å². The van der Waals surface area contributed by atoms with Gasteiger partial charge in [0, 0.05) is 23.5 Å². The van der Waals surface area contributed by atoms with Crippen molar-refractivity contribution in [2.45, 2.75) is 0 Å². The molecule has 0 aliphatic carbocycles. The SMILES string of the molecule is COc1ccc(C(=O)C=CNc2ccc(Oc3ccccc3Cl)cc2)cc1OC. The van der Waals surface area contributed by atoms with E-state index in [1.165, 1.54) is 13.2 Å².